The van der Waals surface area contributed by atoms with Crippen molar-refractivity contribution in [1.82, 2.24) is 14.9 Å². The first-order chi connectivity index (χ1) is 11.5. The molecule has 0 spiro atoms. The van der Waals surface area contributed by atoms with Crippen LogP contribution in [0, 0.1) is 5.82 Å². The van der Waals surface area contributed by atoms with Gasteiger partial charge in [0, 0.05) is 50.4 Å². The topological polar surface area (TPSA) is 52.2 Å². The third-order valence-electron chi connectivity index (χ3n) is 4.31. The van der Waals surface area contributed by atoms with Gasteiger partial charge in [-0.05, 0) is 24.3 Å². The van der Waals surface area contributed by atoms with E-state index in [0.29, 0.717) is 6.54 Å². The highest BCUT2D eigenvalue weighted by atomic mass is 19.1. The highest BCUT2D eigenvalue weighted by Gasteiger charge is 2.18. The largest absolute Gasteiger partial charge is 0.369 e. The number of rotatable bonds is 4. The minimum absolute atomic E-state index is 0.0892. The van der Waals surface area contributed by atoms with Gasteiger partial charge >= 0.3 is 0 Å². The molecule has 5 nitrogen and oxygen atoms in total. The zero-order valence-electron chi connectivity index (χ0n) is 14.1. The van der Waals surface area contributed by atoms with Crippen LogP contribution in [-0.4, -0.2) is 41.0 Å². The predicted octanol–water partition coefficient (Wildman–Crippen LogP) is 2.35. The first-order valence-electron chi connectivity index (χ1n) is 8.34. The summed E-state index contributed by atoms with van der Waals surface area (Å²) in [6, 6.07) is 8.21. The minimum Gasteiger partial charge on any atom is -0.369 e. The molecule has 0 aliphatic carbocycles. The summed E-state index contributed by atoms with van der Waals surface area (Å²) in [5, 5.41) is 0. The Balaban J connectivity index is 1.61. The normalized spacial score (nSPS) is 15.9. The van der Waals surface area contributed by atoms with Crippen LogP contribution in [0.3, 0.4) is 0 Å². The van der Waals surface area contributed by atoms with E-state index in [9.17, 15) is 9.18 Å². The monoisotopic (exact) mass is 330 g/mol. The van der Waals surface area contributed by atoms with Crippen molar-refractivity contribution in [3.05, 3.63) is 58.0 Å². The molecule has 0 saturated carbocycles. The number of nitrogens with zero attached hydrogens (tertiary/aromatic N) is 3. The van der Waals surface area contributed by atoms with Gasteiger partial charge < -0.3 is 9.88 Å². The summed E-state index contributed by atoms with van der Waals surface area (Å²) in [5.74, 6) is 0.731. The van der Waals surface area contributed by atoms with Crippen LogP contribution in [0.2, 0.25) is 0 Å². The number of anilines is 1. The lowest BCUT2D eigenvalue weighted by Gasteiger charge is -2.36. The van der Waals surface area contributed by atoms with Crippen LogP contribution < -0.4 is 10.5 Å². The SMILES string of the molecule is CC(C)c1nc(CN2CCN(c3ccc(F)cc3)CC2)cc(=O)[nH]1. The van der Waals surface area contributed by atoms with Gasteiger partial charge in [-0.3, -0.25) is 9.69 Å². The van der Waals surface area contributed by atoms with E-state index in [0.717, 1.165) is 43.4 Å². The van der Waals surface area contributed by atoms with Gasteiger partial charge in [-0.1, -0.05) is 13.8 Å². The second-order valence-corrected chi connectivity index (χ2v) is 6.52. The fourth-order valence-corrected chi connectivity index (χ4v) is 2.93. The summed E-state index contributed by atoms with van der Waals surface area (Å²) >= 11 is 0. The van der Waals surface area contributed by atoms with Crippen LogP contribution >= 0.6 is 0 Å². The van der Waals surface area contributed by atoms with Gasteiger partial charge in [-0.2, -0.15) is 0 Å². The molecule has 1 aliphatic rings. The Bertz CT molecular complexity index is 733. The fraction of sp³-hybridized carbons (Fsp3) is 0.444. The van der Waals surface area contributed by atoms with Crippen molar-refractivity contribution in [1.29, 1.82) is 0 Å². The van der Waals surface area contributed by atoms with Crippen LogP contribution in [0.25, 0.3) is 0 Å². The molecule has 2 aromatic rings. The number of nitrogens with one attached hydrogen (secondary N) is 1. The number of aromatic amines is 1. The number of halogens is 1. The molecule has 0 atom stereocenters. The zero-order valence-corrected chi connectivity index (χ0v) is 14.1. The maximum absolute atomic E-state index is 13.0. The summed E-state index contributed by atoms with van der Waals surface area (Å²) in [4.78, 5) is 23.7. The molecule has 3 rings (SSSR count). The van der Waals surface area contributed by atoms with E-state index in [1.807, 2.05) is 26.0 Å². The average molecular weight is 330 g/mol. The van der Waals surface area contributed by atoms with Crippen LogP contribution in [0.5, 0.6) is 0 Å². The number of H-pyrrole nitrogens is 1. The highest BCUT2D eigenvalue weighted by Crippen LogP contribution is 2.17. The molecular weight excluding hydrogens is 307 g/mol. The number of hydrogen-bond donors (Lipinski definition) is 1. The lowest BCUT2D eigenvalue weighted by atomic mass is 10.2. The molecule has 0 amide bonds. The molecule has 24 heavy (non-hydrogen) atoms. The summed E-state index contributed by atoms with van der Waals surface area (Å²) in [7, 11) is 0. The van der Waals surface area contributed by atoms with Gasteiger partial charge in [0.05, 0.1) is 5.69 Å². The molecule has 128 valence electrons. The Hall–Kier alpha value is -2.21. The second-order valence-electron chi connectivity index (χ2n) is 6.52. The predicted molar refractivity (Wildman–Crippen MR) is 92.8 cm³/mol. The average Bonchev–Trinajstić information content (AvgIpc) is 2.56. The Morgan fingerprint density at radius 2 is 1.83 bits per heavy atom. The lowest BCUT2D eigenvalue weighted by molar-refractivity contribution is 0.246. The molecule has 0 bridgehead atoms. The molecule has 1 aromatic heterocycles. The smallest absolute Gasteiger partial charge is 0.251 e. The number of benzene rings is 1. The second kappa shape index (κ2) is 7.13. The van der Waals surface area contributed by atoms with Gasteiger partial charge in [0.25, 0.3) is 5.56 Å². The molecule has 1 aliphatic heterocycles. The Kier molecular flexibility index (Phi) is 4.94. The maximum Gasteiger partial charge on any atom is 0.251 e. The van der Waals surface area contributed by atoms with Gasteiger partial charge in [-0.15, -0.1) is 0 Å². The molecule has 6 heteroatoms. The van der Waals surface area contributed by atoms with Crippen LogP contribution in [-0.2, 0) is 6.54 Å². The van der Waals surface area contributed by atoms with Crippen molar-refractivity contribution in [2.45, 2.75) is 26.3 Å². The van der Waals surface area contributed by atoms with Crippen LogP contribution in [0.15, 0.2) is 35.1 Å². The third-order valence-corrected chi connectivity index (χ3v) is 4.31. The van der Waals surface area contributed by atoms with Crippen molar-refractivity contribution >= 4 is 5.69 Å². The van der Waals surface area contributed by atoms with Crippen molar-refractivity contribution in [3.8, 4) is 0 Å². The quantitative estimate of drug-likeness (QED) is 0.935. The van der Waals surface area contributed by atoms with E-state index in [1.54, 1.807) is 6.07 Å². The fourth-order valence-electron chi connectivity index (χ4n) is 2.93. The number of aromatic nitrogens is 2. The molecule has 2 heterocycles. The molecule has 1 N–H and O–H groups in total. The van der Waals surface area contributed by atoms with E-state index in [-0.39, 0.29) is 17.3 Å². The van der Waals surface area contributed by atoms with E-state index >= 15 is 0 Å². The number of piperazine rings is 1. The molecular formula is C18H23FN4O. The Morgan fingerprint density at radius 1 is 1.17 bits per heavy atom. The molecule has 0 unspecified atom stereocenters. The van der Waals surface area contributed by atoms with Crippen molar-refractivity contribution in [2.24, 2.45) is 0 Å². The summed E-state index contributed by atoms with van der Waals surface area (Å²) in [6.45, 7) is 8.26. The highest BCUT2D eigenvalue weighted by molar-refractivity contribution is 5.46. The van der Waals surface area contributed by atoms with E-state index in [4.69, 9.17) is 0 Å². The van der Waals surface area contributed by atoms with E-state index in [1.165, 1.54) is 12.1 Å². The molecule has 1 aromatic carbocycles. The first-order valence-corrected chi connectivity index (χ1v) is 8.34. The van der Waals surface area contributed by atoms with Gasteiger partial charge in [-0.25, -0.2) is 9.37 Å². The van der Waals surface area contributed by atoms with Crippen LogP contribution in [0.4, 0.5) is 10.1 Å². The summed E-state index contributed by atoms with van der Waals surface area (Å²) < 4.78 is 13.0. The van der Waals surface area contributed by atoms with Crippen molar-refractivity contribution in [3.63, 3.8) is 0 Å². The minimum atomic E-state index is -0.210. The van der Waals surface area contributed by atoms with E-state index < -0.39 is 0 Å². The molecule has 1 fully saturated rings. The zero-order chi connectivity index (χ0) is 17.1. The number of hydrogen-bond acceptors (Lipinski definition) is 4. The van der Waals surface area contributed by atoms with E-state index in [2.05, 4.69) is 19.8 Å². The van der Waals surface area contributed by atoms with Crippen molar-refractivity contribution < 1.29 is 4.39 Å². The molecule has 1 saturated heterocycles. The van der Waals surface area contributed by atoms with Gasteiger partial charge in [0.15, 0.2) is 0 Å². The summed E-state index contributed by atoms with van der Waals surface area (Å²) in [6.07, 6.45) is 0. The third kappa shape index (κ3) is 4.00. The molecule has 0 radical (unpaired) electrons. The van der Waals surface area contributed by atoms with Crippen molar-refractivity contribution in [2.75, 3.05) is 31.1 Å². The Labute approximate surface area is 141 Å². The van der Waals surface area contributed by atoms with Gasteiger partial charge in [0.2, 0.25) is 0 Å². The Morgan fingerprint density at radius 3 is 2.46 bits per heavy atom. The van der Waals surface area contributed by atoms with Gasteiger partial charge in [0.1, 0.15) is 11.6 Å². The lowest BCUT2D eigenvalue weighted by Crippen LogP contribution is -2.46. The summed E-state index contributed by atoms with van der Waals surface area (Å²) in [5.41, 5.74) is 1.78. The standard InChI is InChI=1S/C18H23FN4O/c1-13(2)18-20-15(11-17(24)21-18)12-22-7-9-23(10-8-22)16-5-3-14(19)4-6-16/h3-6,11,13H,7-10,12H2,1-2H3,(H,20,21,24). The first kappa shape index (κ1) is 16.6. The maximum atomic E-state index is 13.0. The van der Waals surface area contributed by atoms with Crippen LogP contribution in [0.1, 0.15) is 31.3 Å².